The van der Waals surface area contributed by atoms with Crippen molar-refractivity contribution in [2.45, 2.75) is 20.3 Å². The van der Waals surface area contributed by atoms with E-state index in [4.69, 9.17) is 0 Å². The predicted molar refractivity (Wildman–Crippen MR) is 95.5 cm³/mol. The van der Waals surface area contributed by atoms with Crippen LogP contribution in [-0.4, -0.2) is 25.5 Å². The van der Waals surface area contributed by atoms with Crippen molar-refractivity contribution in [1.82, 2.24) is 0 Å². The monoisotopic (exact) mass is 326 g/mol. The Morgan fingerprint density at radius 3 is 2.58 bits per heavy atom. The molecule has 24 heavy (non-hydrogen) atoms. The Labute approximate surface area is 142 Å². The summed E-state index contributed by atoms with van der Waals surface area (Å²) in [6.07, 6.45) is 0.853. The Hall–Kier alpha value is -2.82. The third-order valence-corrected chi connectivity index (χ3v) is 3.74. The highest BCUT2D eigenvalue weighted by Crippen LogP contribution is 2.21. The van der Waals surface area contributed by atoms with Gasteiger partial charge in [-0.05, 0) is 42.7 Å². The number of benzene rings is 2. The number of ether oxygens (including phenoxy) is 1. The van der Waals surface area contributed by atoms with Gasteiger partial charge in [-0.25, -0.2) is 4.79 Å². The lowest BCUT2D eigenvalue weighted by Crippen LogP contribution is -2.23. The average Bonchev–Trinajstić information content (AvgIpc) is 2.61. The zero-order valence-corrected chi connectivity index (χ0v) is 14.2. The SMILES string of the molecule is CCc1cccc(C)c1NC(=O)CNc1cccc(C(=O)OC)c1. The van der Waals surface area contributed by atoms with Crippen molar-refractivity contribution >= 4 is 23.3 Å². The van der Waals surface area contributed by atoms with E-state index in [-0.39, 0.29) is 12.5 Å². The number of rotatable bonds is 6. The summed E-state index contributed by atoms with van der Waals surface area (Å²) in [5, 5.41) is 5.98. The maximum atomic E-state index is 12.2. The third kappa shape index (κ3) is 4.35. The molecule has 2 aromatic carbocycles. The maximum absolute atomic E-state index is 12.2. The quantitative estimate of drug-likeness (QED) is 0.799. The fourth-order valence-electron chi connectivity index (χ4n) is 2.44. The molecule has 0 spiro atoms. The molecule has 0 aromatic heterocycles. The van der Waals surface area contributed by atoms with Crippen LogP contribution in [0, 0.1) is 6.92 Å². The first-order valence-corrected chi connectivity index (χ1v) is 7.85. The van der Waals surface area contributed by atoms with Gasteiger partial charge in [-0.3, -0.25) is 4.79 Å². The molecule has 0 bridgehead atoms. The summed E-state index contributed by atoms with van der Waals surface area (Å²) >= 11 is 0. The predicted octanol–water partition coefficient (Wildman–Crippen LogP) is 3.39. The molecule has 126 valence electrons. The molecule has 0 saturated heterocycles. The Bertz CT molecular complexity index is 741. The molecule has 1 amide bonds. The molecule has 0 saturated carbocycles. The average molecular weight is 326 g/mol. The molecule has 2 N–H and O–H groups in total. The van der Waals surface area contributed by atoms with Gasteiger partial charge < -0.3 is 15.4 Å². The largest absolute Gasteiger partial charge is 0.465 e. The molecule has 2 rings (SSSR count). The fraction of sp³-hybridized carbons (Fsp3) is 0.263. The van der Waals surface area contributed by atoms with E-state index in [1.54, 1.807) is 24.3 Å². The molecule has 0 aliphatic rings. The van der Waals surface area contributed by atoms with Crippen LogP contribution in [-0.2, 0) is 16.0 Å². The van der Waals surface area contributed by atoms with Crippen molar-refractivity contribution in [3.8, 4) is 0 Å². The highest BCUT2D eigenvalue weighted by atomic mass is 16.5. The molecule has 2 aromatic rings. The van der Waals surface area contributed by atoms with E-state index in [2.05, 4.69) is 22.3 Å². The minimum Gasteiger partial charge on any atom is -0.465 e. The van der Waals surface area contributed by atoms with Crippen LogP contribution in [0.2, 0.25) is 0 Å². The van der Waals surface area contributed by atoms with Crippen molar-refractivity contribution in [3.05, 3.63) is 59.2 Å². The first kappa shape index (κ1) is 17.5. The smallest absolute Gasteiger partial charge is 0.337 e. The number of carbonyl (C=O) groups excluding carboxylic acids is 2. The fourth-order valence-corrected chi connectivity index (χ4v) is 2.44. The van der Waals surface area contributed by atoms with E-state index in [1.165, 1.54) is 7.11 Å². The van der Waals surface area contributed by atoms with Gasteiger partial charge in [-0.2, -0.15) is 0 Å². The molecule has 5 heteroatoms. The van der Waals surface area contributed by atoms with Crippen molar-refractivity contribution in [2.75, 3.05) is 24.3 Å². The van der Waals surface area contributed by atoms with Crippen LogP contribution in [0.3, 0.4) is 0 Å². The number of hydrogen-bond acceptors (Lipinski definition) is 4. The molecule has 5 nitrogen and oxygen atoms in total. The molecule has 0 aliphatic carbocycles. The number of methoxy groups -OCH3 is 1. The second-order valence-electron chi connectivity index (χ2n) is 5.44. The zero-order chi connectivity index (χ0) is 17.5. The van der Waals surface area contributed by atoms with Crippen LogP contribution < -0.4 is 10.6 Å². The van der Waals surface area contributed by atoms with E-state index in [9.17, 15) is 9.59 Å². The van der Waals surface area contributed by atoms with Crippen LogP contribution >= 0.6 is 0 Å². The molecule has 0 atom stereocenters. The van der Waals surface area contributed by atoms with Crippen molar-refractivity contribution in [1.29, 1.82) is 0 Å². The number of nitrogens with one attached hydrogen (secondary N) is 2. The molecular weight excluding hydrogens is 304 g/mol. The second kappa shape index (κ2) is 8.15. The number of anilines is 2. The van der Waals surface area contributed by atoms with E-state index in [0.29, 0.717) is 11.3 Å². The Kier molecular flexibility index (Phi) is 5.95. The normalized spacial score (nSPS) is 10.1. The van der Waals surface area contributed by atoms with Gasteiger partial charge in [0.25, 0.3) is 0 Å². The van der Waals surface area contributed by atoms with Gasteiger partial charge in [0.05, 0.1) is 19.2 Å². The highest BCUT2D eigenvalue weighted by Gasteiger charge is 2.09. The van der Waals surface area contributed by atoms with Crippen LogP contribution in [0.4, 0.5) is 11.4 Å². The lowest BCUT2D eigenvalue weighted by atomic mass is 10.1. The minimum atomic E-state index is -0.407. The highest BCUT2D eigenvalue weighted by molar-refractivity contribution is 5.95. The van der Waals surface area contributed by atoms with Crippen LogP contribution in [0.25, 0.3) is 0 Å². The number of aryl methyl sites for hydroxylation is 2. The van der Waals surface area contributed by atoms with Gasteiger partial charge in [-0.1, -0.05) is 31.2 Å². The number of carbonyl (C=O) groups is 2. The summed E-state index contributed by atoms with van der Waals surface area (Å²) in [5.74, 6) is -0.543. The van der Waals surface area contributed by atoms with Gasteiger partial charge in [0.1, 0.15) is 0 Å². The zero-order valence-electron chi connectivity index (χ0n) is 14.2. The Morgan fingerprint density at radius 1 is 1.12 bits per heavy atom. The summed E-state index contributed by atoms with van der Waals surface area (Å²) in [6, 6.07) is 12.8. The maximum Gasteiger partial charge on any atom is 0.337 e. The molecule has 0 aliphatic heterocycles. The van der Waals surface area contributed by atoms with Gasteiger partial charge >= 0.3 is 5.97 Å². The molecule has 0 unspecified atom stereocenters. The Morgan fingerprint density at radius 2 is 1.88 bits per heavy atom. The van der Waals surface area contributed by atoms with Crippen molar-refractivity contribution < 1.29 is 14.3 Å². The summed E-state index contributed by atoms with van der Waals surface area (Å²) in [7, 11) is 1.34. The third-order valence-electron chi connectivity index (χ3n) is 3.74. The molecule has 0 heterocycles. The first-order chi connectivity index (χ1) is 11.5. The van der Waals surface area contributed by atoms with Gasteiger partial charge in [-0.15, -0.1) is 0 Å². The summed E-state index contributed by atoms with van der Waals surface area (Å²) < 4.78 is 4.69. The standard InChI is InChI=1S/C19H22N2O3/c1-4-14-8-5-7-13(2)18(14)21-17(22)12-20-16-10-6-9-15(11-16)19(23)24-3/h5-11,20H,4,12H2,1-3H3,(H,21,22). The van der Waals surface area contributed by atoms with Crippen molar-refractivity contribution in [2.24, 2.45) is 0 Å². The lowest BCUT2D eigenvalue weighted by Gasteiger charge is -2.14. The summed E-state index contributed by atoms with van der Waals surface area (Å²) in [4.78, 5) is 23.7. The first-order valence-electron chi connectivity index (χ1n) is 7.85. The molecule has 0 fully saturated rings. The Balaban J connectivity index is 2.01. The molecule has 0 radical (unpaired) electrons. The van der Waals surface area contributed by atoms with E-state index in [0.717, 1.165) is 23.2 Å². The van der Waals surface area contributed by atoms with E-state index in [1.807, 2.05) is 25.1 Å². The number of amides is 1. The minimum absolute atomic E-state index is 0.113. The van der Waals surface area contributed by atoms with Gasteiger partial charge in [0.15, 0.2) is 0 Å². The second-order valence-corrected chi connectivity index (χ2v) is 5.44. The van der Waals surface area contributed by atoms with Crippen molar-refractivity contribution in [3.63, 3.8) is 0 Å². The lowest BCUT2D eigenvalue weighted by molar-refractivity contribution is -0.114. The number of esters is 1. The topological polar surface area (TPSA) is 67.4 Å². The summed E-state index contributed by atoms with van der Waals surface area (Å²) in [5.41, 5.74) is 4.14. The molecular formula is C19H22N2O3. The van der Waals surface area contributed by atoms with E-state index >= 15 is 0 Å². The number of para-hydroxylation sites is 1. The van der Waals surface area contributed by atoms with Gasteiger partial charge in [0.2, 0.25) is 5.91 Å². The number of hydrogen-bond donors (Lipinski definition) is 2. The van der Waals surface area contributed by atoms with Crippen LogP contribution in [0.15, 0.2) is 42.5 Å². The van der Waals surface area contributed by atoms with Crippen LogP contribution in [0.5, 0.6) is 0 Å². The van der Waals surface area contributed by atoms with E-state index < -0.39 is 5.97 Å². The van der Waals surface area contributed by atoms with Gasteiger partial charge in [0, 0.05) is 11.4 Å². The van der Waals surface area contributed by atoms with Crippen LogP contribution in [0.1, 0.15) is 28.4 Å². The summed E-state index contributed by atoms with van der Waals surface area (Å²) in [6.45, 7) is 4.14.